The van der Waals surface area contributed by atoms with Crippen molar-refractivity contribution in [2.24, 2.45) is 17.8 Å². The van der Waals surface area contributed by atoms with Gasteiger partial charge in [0, 0.05) is 67.8 Å². The van der Waals surface area contributed by atoms with E-state index >= 15 is 0 Å². The van der Waals surface area contributed by atoms with Gasteiger partial charge in [-0.05, 0) is 61.1 Å². The molecule has 2 saturated heterocycles. The number of rotatable bonds is 20. The van der Waals surface area contributed by atoms with Crippen LogP contribution in [0.25, 0.3) is 0 Å². The third-order valence-corrected chi connectivity index (χ3v) is 13.0. The summed E-state index contributed by atoms with van der Waals surface area (Å²) in [5.41, 5.74) is 3.22. The molecule has 2 aliphatic heterocycles. The average Bonchev–Trinajstić information content (AvgIpc) is 4.09. The molecule has 10 nitrogen and oxygen atoms in total. The number of likely N-dealkylation sites (tertiary alicyclic amines) is 2. The van der Waals surface area contributed by atoms with Gasteiger partial charge in [0.15, 0.2) is 0 Å². The molecule has 7 rings (SSSR count). The Balaban J connectivity index is 0.889. The molecule has 4 aliphatic rings. The molecule has 3 aromatic rings. The van der Waals surface area contributed by atoms with Crippen LogP contribution >= 0.6 is 0 Å². The van der Waals surface area contributed by atoms with E-state index in [0.29, 0.717) is 37.2 Å². The van der Waals surface area contributed by atoms with Crippen LogP contribution in [0, 0.1) is 17.8 Å². The Morgan fingerprint density at radius 2 is 1.00 bits per heavy atom. The minimum Gasteiger partial charge on any atom is -0.356 e. The normalized spacial score (nSPS) is 24.4. The standard InChI is InChI=1S/C49H63N5O5/c1-2-3-4-5-6-7-8-9-10-17-27-50-45(55)38-26-28-53(31-38)48(58)36-22-24-37(25-23-36)49(59)54-32-41(46(56)51-43-29-39(43)34-18-13-11-14-19-34)42(33-54)47(57)52-44-30-40(44)35-20-15-12-16-21-35/h11-16,18-25,38-44H,2-10,17,26-33H2,1H3,(H,50,55)(H,51,56)(H,52,57)/t38-,39+,40+,41+,42+,43-,44-/m0/s1. The van der Waals surface area contributed by atoms with Crippen LogP contribution in [0.3, 0.4) is 0 Å². The van der Waals surface area contributed by atoms with Crippen molar-refractivity contribution in [3.05, 3.63) is 107 Å². The highest BCUT2D eigenvalue weighted by atomic mass is 16.2. The summed E-state index contributed by atoms with van der Waals surface area (Å²) in [7, 11) is 0. The highest BCUT2D eigenvalue weighted by molar-refractivity contribution is 5.99. The van der Waals surface area contributed by atoms with Crippen molar-refractivity contribution in [3.8, 4) is 0 Å². The molecule has 0 unspecified atom stereocenters. The lowest BCUT2D eigenvalue weighted by Gasteiger charge is -2.18. The summed E-state index contributed by atoms with van der Waals surface area (Å²) in [6, 6.07) is 26.9. The monoisotopic (exact) mass is 801 g/mol. The van der Waals surface area contributed by atoms with Crippen molar-refractivity contribution < 1.29 is 24.0 Å². The second-order valence-corrected chi connectivity index (χ2v) is 17.4. The lowest BCUT2D eigenvalue weighted by molar-refractivity contribution is -0.133. The Labute approximate surface area is 350 Å². The van der Waals surface area contributed by atoms with E-state index < -0.39 is 11.8 Å². The molecule has 2 saturated carbocycles. The van der Waals surface area contributed by atoms with Gasteiger partial charge in [-0.3, -0.25) is 24.0 Å². The first-order chi connectivity index (χ1) is 28.8. The van der Waals surface area contributed by atoms with Crippen LogP contribution in [0.5, 0.6) is 0 Å². The molecule has 7 atom stereocenters. The molecule has 10 heteroatoms. The fraction of sp³-hybridized carbons (Fsp3) is 0.531. The highest BCUT2D eigenvalue weighted by Gasteiger charge is 2.49. The van der Waals surface area contributed by atoms with Gasteiger partial charge in [-0.25, -0.2) is 0 Å². The van der Waals surface area contributed by atoms with Gasteiger partial charge in [0.1, 0.15) is 0 Å². The molecular weight excluding hydrogens is 739 g/mol. The van der Waals surface area contributed by atoms with Crippen LogP contribution in [0.4, 0.5) is 0 Å². The summed E-state index contributed by atoms with van der Waals surface area (Å²) >= 11 is 0. The molecule has 3 aromatic carbocycles. The Bertz CT molecular complexity index is 1810. The summed E-state index contributed by atoms with van der Waals surface area (Å²) in [6.07, 6.45) is 14.8. The zero-order valence-electron chi connectivity index (χ0n) is 34.8. The SMILES string of the molecule is CCCCCCCCCCCCNC(=O)[C@H]1CCN(C(=O)c2ccc(C(=O)N3C[C@@H](C(=O)N[C@H]4C[C@@H]4c4ccccc4)[C@H](C(=O)N[C@H]4C[C@@H]4c4ccccc4)C3)cc2)C1. The van der Waals surface area contributed by atoms with Crippen molar-refractivity contribution in [3.63, 3.8) is 0 Å². The highest BCUT2D eigenvalue weighted by Crippen LogP contribution is 2.42. The number of nitrogens with one attached hydrogen (secondary N) is 3. The Kier molecular flexibility index (Phi) is 14.5. The van der Waals surface area contributed by atoms with Crippen LogP contribution in [0.15, 0.2) is 84.9 Å². The molecule has 0 aromatic heterocycles. The smallest absolute Gasteiger partial charge is 0.253 e. The van der Waals surface area contributed by atoms with E-state index in [4.69, 9.17) is 0 Å². The second-order valence-electron chi connectivity index (χ2n) is 17.4. The van der Waals surface area contributed by atoms with Crippen molar-refractivity contribution in [2.75, 3.05) is 32.7 Å². The van der Waals surface area contributed by atoms with Gasteiger partial charge in [-0.15, -0.1) is 0 Å². The van der Waals surface area contributed by atoms with Gasteiger partial charge in [0.25, 0.3) is 11.8 Å². The van der Waals surface area contributed by atoms with Crippen LogP contribution < -0.4 is 16.0 Å². The molecule has 3 N–H and O–H groups in total. The van der Waals surface area contributed by atoms with E-state index in [2.05, 4.69) is 47.1 Å². The second kappa shape index (κ2) is 20.3. The molecule has 0 spiro atoms. The number of carbonyl (C=O) groups is 5. The van der Waals surface area contributed by atoms with E-state index in [9.17, 15) is 24.0 Å². The molecule has 0 bridgehead atoms. The van der Waals surface area contributed by atoms with Gasteiger partial charge in [0.05, 0.1) is 17.8 Å². The average molecular weight is 802 g/mol. The number of nitrogens with zero attached hydrogens (tertiary/aromatic N) is 2. The molecule has 2 aliphatic carbocycles. The third kappa shape index (κ3) is 11.2. The van der Waals surface area contributed by atoms with Crippen LogP contribution in [-0.2, 0) is 14.4 Å². The molecule has 0 radical (unpaired) electrons. The van der Waals surface area contributed by atoms with Crippen molar-refractivity contribution in [1.82, 2.24) is 25.8 Å². The fourth-order valence-corrected chi connectivity index (χ4v) is 9.17. The van der Waals surface area contributed by atoms with Crippen molar-refractivity contribution in [1.29, 1.82) is 0 Å². The van der Waals surface area contributed by atoms with Crippen molar-refractivity contribution in [2.45, 2.75) is 114 Å². The quantitative estimate of drug-likeness (QED) is 0.104. The fourth-order valence-electron chi connectivity index (χ4n) is 9.17. The van der Waals surface area contributed by atoms with Gasteiger partial charge < -0.3 is 25.8 Å². The molecule has 4 fully saturated rings. The number of benzene rings is 3. The Morgan fingerprint density at radius 1 is 0.542 bits per heavy atom. The number of hydrogen-bond acceptors (Lipinski definition) is 5. The van der Waals surface area contributed by atoms with Crippen LogP contribution in [0.1, 0.15) is 134 Å². The Morgan fingerprint density at radius 3 is 1.49 bits per heavy atom. The molecule has 2 heterocycles. The maximum Gasteiger partial charge on any atom is 0.253 e. The lowest BCUT2D eigenvalue weighted by Crippen LogP contribution is -2.43. The lowest BCUT2D eigenvalue weighted by atomic mass is 9.94. The van der Waals surface area contributed by atoms with E-state index in [-0.39, 0.29) is 72.5 Å². The third-order valence-electron chi connectivity index (χ3n) is 13.0. The number of carbonyl (C=O) groups excluding carboxylic acids is 5. The summed E-state index contributed by atoms with van der Waals surface area (Å²) in [6.45, 7) is 4.08. The van der Waals surface area contributed by atoms with E-state index in [0.717, 1.165) is 25.7 Å². The predicted molar refractivity (Wildman–Crippen MR) is 230 cm³/mol. The number of amides is 5. The largest absolute Gasteiger partial charge is 0.356 e. The van der Waals surface area contributed by atoms with E-state index in [1.54, 1.807) is 34.1 Å². The zero-order chi connectivity index (χ0) is 41.1. The summed E-state index contributed by atoms with van der Waals surface area (Å²) in [5.74, 6) is -1.91. The first kappa shape index (κ1) is 42.1. The number of hydrogen-bond donors (Lipinski definition) is 3. The van der Waals surface area contributed by atoms with Gasteiger partial charge in [-0.2, -0.15) is 0 Å². The predicted octanol–water partition coefficient (Wildman–Crippen LogP) is 7.22. The molecule has 5 amide bonds. The van der Waals surface area contributed by atoms with Gasteiger partial charge in [-0.1, -0.05) is 125 Å². The maximum atomic E-state index is 13.9. The van der Waals surface area contributed by atoms with Crippen LogP contribution in [-0.4, -0.2) is 84.1 Å². The van der Waals surface area contributed by atoms with Crippen LogP contribution in [0.2, 0.25) is 0 Å². The Hall–Kier alpha value is -4.99. The maximum absolute atomic E-state index is 13.9. The molecule has 59 heavy (non-hydrogen) atoms. The summed E-state index contributed by atoms with van der Waals surface area (Å²) in [5, 5.41) is 9.47. The first-order valence-corrected chi connectivity index (χ1v) is 22.5. The minimum absolute atomic E-state index is 0.00368. The number of unbranched alkanes of at least 4 members (excludes halogenated alkanes) is 9. The summed E-state index contributed by atoms with van der Waals surface area (Å²) in [4.78, 5) is 71.3. The zero-order valence-corrected chi connectivity index (χ0v) is 34.8. The molecule has 314 valence electrons. The minimum atomic E-state index is -0.680. The topological polar surface area (TPSA) is 128 Å². The van der Waals surface area contributed by atoms with E-state index in [1.807, 2.05) is 36.4 Å². The molecular formula is C49H63N5O5. The first-order valence-electron chi connectivity index (χ1n) is 22.5. The summed E-state index contributed by atoms with van der Waals surface area (Å²) < 4.78 is 0. The van der Waals surface area contributed by atoms with Gasteiger partial charge >= 0.3 is 0 Å². The van der Waals surface area contributed by atoms with Crippen molar-refractivity contribution >= 4 is 29.5 Å². The van der Waals surface area contributed by atoms with Gasteiger partial charge in [0.2, 0.25) is 17.7 Å². The van der Waals surface area contributed by atoms with E-state index in [1.165, 1.54) is 62.5 Å².